The van der Waals surface area contributed by atoms with Crippen molar-refractivity contribution in [2.24, 2.45) is 5.73 Å². The van der Waals surface area contributed by atoms with E-state index in [2.05, 4.69) is 16.3 Å². The van der Waals surface area contributed by atoms with Crippen molar-refractivity contribution in [2.75, 3.05) is 11.4 Å². The number of hydrogen-bond acceptors (Lipinski definition) is 5. The first-order valence-electron chi connectivity index (χ1n) is 7.72. The van der Waals surface area contributed by atoms with Gasteiger partial charge < -0.3 is 15.4 Å². The standard InChI is InChI=1S/C17H14ClN5O2/c1-3-23-12-5-4-9(18)6-10(12)17(16(23)24)11(7-19)14(20)25-15-13(17)8(2)21-22-15/h4-6H,3,20H2,1-2H3,(H,21,22)/t17-/m0/s1. The Labute approximate surface area is 148 Å². The van der Waals surface area contributed by atoms with E-state index >= 15 is 0 Å². The van der Waals surface area contributed by atoms with Gasteiger partial charge in [-0.15, -0.1) is 5.10 Å². The number of amides is 1. The largest absolute Gasteiger partial charge is 0.420 e. The van der Waals surface area contributed by atoms with Crippen LogP contribution in [0.2, 0.25) is 5.02 Å². The van der Waals surface area contributed by atoms with Gasteiger partial charge in [0.2, 0.25) is 17.7 Å². The highest BCUT2D eigenvalue weighted by Crippen LogP contribution is 2.55. The number of hydrogen-bond donors (Lipinski definition) is 2. The van der Waals surface area contributed by atoms with Crippen molar-refractivity contribution in [3.8, 4) is 11.9 Å². The smallest absolute Gasteiger partial charge is 0.247 e. The van der Waals surface area contributed by atoms with Crippen LogP contribution in [0, 0.1) is 18.3 Å². The Morgan fingerprint density at radius 3 is 2.96 bits per heavy atom. The predicted molar refractivity (Wildman–Crippen MR) is 91.0 cm³/mol. The Morgan fingerprint density at radius 1 is 1.52 bits per heavy atom. The van der Waals surface area contributed by atoms with Crippen LogP contribution in [0.15, 0.2) is 29.7 Å². The number of aromatic nitrogens is 2. The van der Waals surface area contributed by atoms with Gasteiger partial charge in [0.15, 0.2) is 0 Å². The Hall–Kier alpha value is -2.98. The van der Waals surface area contributed by atoms with E-state index in [0.717, 1.165) is 0 Å². The lowest BCUT2D eigenvalue weighted by molar-refractivity contribution is -0.120. The number of halogens is 1. The number of nitrogens with zero attached hydrogens (tertiary/aromatic N) is 3. The predicted octanol–water partition coefficient (Wildman–Crippen LogP) is 2.11. The summed E-state index contributed by atoms with van der Waals surface area (Å²) in [6, 6.07) is 7.28. The van der Waals surface area contributed by atoms with Crippen molar-refractivity contribution in [1.82, 2.24) is 10.2 Å². The number of aryl methyl sites for hydroxylation is 1. The molecule has 0 radical (unpaired) electrons. The van der Waals surface area contributed by atoms with Gasteiger partial charge in [-0.3, -0.25) is 9.89 Å². The molecule has 4 rings (SSSR count). The lowest BCUT2D eigenvalue weighted by atomic mass is 9.69. The van der Waals surface area contributed by atoms with Gasteiger partial charge in [0.1, 0.15) is 17.1 Å². The number of ether oxygens (including phenoxy) is 1. The summed E-state index contributed by atoms with van der Waals surface area (Å²) in [5, 5.41) is 17.2. The first kappa shape index (κ1) is 15.5. The summed E-state index contributed by atoms with van der Waals surface area (Å²) in [6.45, 7) is 4.09. The van der Waals surface area contributed by atoms with Gasteiger partial charge in [0, 0.05) is 28.5 Å². The fourth-order valence-electron chi connectivity index (χ4n) is 3.79. The number of aromatic amines is 1. The summed E-state index contributed by atoms with van der Waals surface area (Å²) in [6.07, 6.45) is 0. The molecule has 0 bridgehead atoms. The molecule has 1 atom stereocenters. The first-order chi connectivity index (χ1) is 12.0. The Bertz CT molecular complexity index is 1000. The van der Waals surface area contributed by atoms with E-state index in [1.54, 1.807) is 30.0 Å². The van der Waals surface area contributed by atoms with Crippen molar-refractivity contribution in [3.05, 3.63) is 51.5 Å². The zero-order valence-corrected chi connectivity index (χ0v) is 14.3. The number of nitriles is 1. The Kier molecular flexibility index (Phi) is 3.11. The Balaban J connectivity index is 2.20. The van der Waals surface area contributed by atoms with Crippen LogP contribution in [0.5, 0.6) is 5.88 Å². The molecule has 2 aliphatic rings. The number of benzene rings is 1. The molecule has 1 aromatic heterocycles. The minimum atomic E-state index is -1.40. The SMILES string of the molecule is CCN1C(=O)[C@]2(C(C#N)=C(N)Oc3n[nH]c(C)c32)c2cc(Cl)ccc21. The van der Waals surface area contributed by atoms with Crippen LogP contribution in [0.4, 0.5) is 5.69 Å². The molecule has 1 spiro atoms. The van der Waals surface area contributed by atoms with Gasteiger partial charge >= 0.3 is 0 Å². The number of carbonyl (C=O) groups is 1. The first-order valence-corrected chi connectivity index (χ1v) is 8.10. The van der Waals surface area contributed by atoms with E-state index in [1.165, 1.54) is 0 Å². The molecule has 0 unspecified atom stereocenters. The molecule has 0 saturated heterocycles. The molecule has 8 heteroatoms. The van der Waals surface area contributed by atoms with Crippen molar-refractivity contribution in [1.29, 1.82) is 5.26 Å². The molecular weight excluding hydrogens is 342 g/mol. The van der Waals surface area contributed by atoms with Crippen LogP contribution in [0.3, 0.4) is 0 Å². The lowest BCUT2D eigenvalue weighted by Gasteiger charge is -2.32. The molecule has 3 N–H and O–H groups in total. The highest BCUT2D eigenvalue weighted by Gasteiger charge is 2.60. The van der Waals surface area contributed by atoms with Crippen LogP contribution in [-0.4, -0.2) is 22.6 Å². The van der Waals surface area contributed by atoms with Crippen LogP contribution in [-0.2, 0) is 10.2 Å². The van der Waals surface area contributed by atoms with Crippen molar-refractivity contribution in [2.45, 2.75) is 19.3 Å². The monoisotopic (exact) mass is 355 g/mol. The van der Waals surface area contributed by atoms with Gasteiger partial charge in [-0.05, 0) is 32.0 Å². The van der Waals surface area contributed by atoms with Gasteiger partial charge in [0.05, 0.1) is 5.56 Å². The van der Waals surface area contributed by atoms with Gasteiger partial charge in [-0.25, -0.2) is 0 Å². The number of likely N-dealkylation sites (N-methyl/N-ethyl adjacent to an activating group) is 1. The molecule has 2 aliphatic heterocycles. The molecule has 3 heterocycles. The molecule has 0 saturated carbocycles. The number of anilines is 1. The maximum absolute atomic E-state index is 13.6. The van der Waals surface area contributed by atoms with E-state index in [-0.39, 0.29) is 23.2 Å². The summed E-state index contributed by atoms with van der Waals surface area (Å²) >= 11 is 6.22. The van der Waals surface area contributed by atoms with E-state index < -0.39 is 5.41 Å². The molecule has 1 aromatic carbocycles. The third kappa shape index (κ3) is 1.69. The minimum Gasteiger partial charge on any atom is -0.420 e. The van der Waals surface area contributed by atoms with Crippen LogP contribution >= 0.6 is 11.6 Å². The highest BCUT2D eigenvalue weighted by atomic mass is 35.5. The van der Waals surface area contributed by atoms with E-state index in [4.69, 9.17) is 22.1 Å². The number of nitrogens with one attached hydrogen (secondary N) is 1. The quantitative estimate of drug-likeness (QED) is 0.814. The summed E-state index contributed by atoms with van der Waals surface area (Å²) in [5.74, 6) is -0.189. The minimum absolute atomic E-state index is 0.0500. The molecule has 7 nitrogen and oxygen atoms in total. The van der Waals surface area contributed by atoms with Crippen LogP contribution in [0.1, 0.15) is 23.7 Å². The number of rotatable bonds is 1. The lowest BCUT2D eigenvalue weighted by Crippen LogP contribution is -2.46. The maximum atomic E-state index is 13.6. The van der Waals surface area contributed by atoms with Crippen LogP contribution < -0.4 is 15.4 Å². The zero-order chi connectivity index (χ0) is 17.9. The van der Waals surface area contributed by atoms with Gasteiger partial charge in [-0.2, -0.15) is 5.26 Å². The second-order valence-corrected chi connectivity index (χ2v) is 6.38. The summed E-state index contributed by atoms with van der Waals surface area (Å²) < 4.78 is 5.49. The molecule has 0 fully saturated rings. The highest BCUT2D eigenvalue weighted by molar-refractivity contribution is 6.31. The van der Waals surface area contributed by atoms with E-state index in [1.807, 2.05) is 6.92 Å². The number of carbonyl (C=O) groups excluding carboxylic acids is 1. The van der Waals surface area contributed by atoms with Gasteiger partial charge in [0.25, 0.3) is 0 Å². The average molecular weight is 356 g/mol. The molecule has 1 amide bonds. The fourth-order valence-corrected chi connectivity index (χ4v) is 3.97. The molecule has 2 aromatic rings. The topological polar surface area (TPSA) is 108 Å². The number of fused-ring (bicyclic) bond motifs is 4. The zero-order valence-electron chi connectivity index (χ0n) is 13.6. The second kappa shape index (κ2) is 5.01. The Morgan fingerprint density at radius 2 is 2.28 bits per heavy atom. The molecule has 126 valence electrons. The molecule has 0 aliphatic carbocycles. The second-order valence-electron chi connectivity index (χ2n) is 5.94. The van der Waals surface area contributed by atoms with Crippen molar-refractivity contribution < 1.29 is 9.53 Å². The third-order valence-electron chi connectivity index (χ3n) is 4.76. The summed E-state index contributed by atoms with van der Waals surface area (Å²) in [4.78, 5) is 15.2. The number of nitrogens with two attached hydrogens (primary N) is 1. The number of H-pyrrole nitrogens is 1. The summed E-state index contributed by atoms with van der Waals surface area (Å²) in [5.41, 5.74) is 7.08. The maximum Gasteiger partial charge on any atom is 0.247 e. The van der Waals surface area contributed by atoms with Gasteiger partial charge in [-0.1, -0.05) is 11.6 Å². The van der Waals surface area contributed by atoms with E-state index in [0.29, 0.717) is 34.1 Å². The average Bonchev–Trinajstić information content (AvgIpc) is 3.05. The molecular formula is C17H14ClN5O2. The molecule has 25 heavy (non-hydrogen) atoms. The third-order valence-corrected chi connectivity index (χ3v) is 5.00. The fraction of sp³-hybridized carbons (Fsp3) is 0.235. The van der Waals surface area contributed by atoms with Crippen molar-refractivity contribution >= 4 is 23.2 Å². The van der Waals surface area contributed by atoms with E-state index in [9.17, 15) is 10.1 Å². The summed E-state index contributed by atoms with van der Waals surface area (Å²) in [7, 11) is 0. The van der Waals surface area contributed by atoms with Crippen molar-refractivity contribution in [3.63, 3.8) is 0 Å². The normalized spacial score (nSPS) is 21.2. The van der Waals surface area contributed by atoms with Crippen LogP contribution in [0.25, 0.3) is 0 Å².